The first kappa shape index (κ1) is 16.7. The van der Waals surface area contributed by atoms with Gasteiger partial charge >= 0.3 is 5.97 Å². The molecule has 0 amide bonds. The minimum atomic E-state index is -0.574. The Balaban J connectivity index is 2.05. The van der Waals surface area contributed by atoms with E-state index in [1.165, 1.54) is 25.4 Å². The molecule has 0 fully saturated rings. The summed E-state index contributed by atoms with van der Waals surface area (Å²) in [5.41, 5.74) is 14.8. The van der Waals surface area contributed by atoms with Gasteiger partial charge in [-0.1, -0.05) is 30.3 Å². The molecule has 22 heavy (non-hydrogen) atoms. The molecule has 1 aliphatic carbocycles. The van der Waals surface area contributed by atoms with Gasteiger partial charge in [-0.05, 0) is 36.0 Å². The van der Waals surface area contributed by atoms with Gasteiger partial charge in [-0.2, -0.15) is 0 Å². The summed E-state index contributed by atoms with van der Waals surface area (Å²) < 4.78 is 9.88. The fourth-order valence-electron chi connectivity index (χ4n) is 2.61. The van der Waals surface area contributed by atoms with Crippen molar-refractivity contribution in [1.29, 1.82) is 0 Å². The molecule has 2 rings (SSSR count). The van der Waals surface area contributed by atoms with Gasteiger partial charge in [0.15, 0.2) is 6.10 Å². The van der Waals surface area contributed by atoms with Crippen molar-refractivity contribution in [3.8, 4) is 0 Å². The van der Waals surface area contributed by atoms with Crippen LogP contribution in [0.2, 0.25) is 0 Å². The Morgan fingerprint density at radius 1 is 1.27 bits per heavy atom. The third-order valence-electron chi connectivity index (χ3n) is 4.08. The Hall–Kier alpha value is -1.69. The van der Waals surface area contributed by atoms with Crippen molar-refractivity contribution in [1.82, 2.24) is 0 Å². The summed E-state index contributed by atoms with van der Waals surface area (Å²) in [6.07, 6.45) is 4.41. The summed E-state index contributed by atoms with van der Waals surface area (Å²) >= 11 is 0. The highest BCUT2D eigenvalue weighted by atomic mass is 16.6. The van der Waals surface area contributed by atoms with E-state index < -0.39 is 11.8 Å². The molecule has 1 aliphatic rings. The first-order valence-corrected chi connectivity index (χ1v) is 7.42. The normalized spacial score (nSPS) is 18.5. The highest BCUT2D eigenvalue weighted by molar-refractivity contribution is 5.75. The van der Waals surface area contributed by atoms with Crippen molar-refractivity contribution in [2.45, 2.75) is 37.5 Å². The standard InChI is InChI=1S/C17H24N2O3/c1-21-15(16(20)22-2)11-12-3-5-13(6-4-12)14-7-9-17(18,19)10-8-14/h3-7,15H,8-11,18-19H2,1-2H3/t15-/m1/s1. The second-order valence-corrected chi connectivity index (χ2v) is 5.82. The topological polar surface area (TPSA) is 87.6 Å². The average Bonchev–Trinajstić information content (AvgIpc) is 2.52. The maximum Gasteiger partial charge on any atom is 0.335 e. The predicted molar refractivity (Wildman–Crippen MR) is 85.9 cm³/mol. The van der Waals surface area contributed by atoms with E-state index in [9.17, 15) is 4.79 Å². The van der Waals surface area contributed by atoms with E-state index >= 15 is 0 Å². The molecule has 1 aromatic rings. The Morgan fingerprint density at radius 2 is 1.95 bits per heavy atom. The van der Waals surface area contributed by atoms with Crippen LogP contribution in [-0.4, -0.2) is 32.0 Å². The van der Waals surface area contributed by atoms with E-state index in [1.54, 1.807) is 0 Å². The van der Waals surface area contributed by atoms with Crippen LogP contribution in [0.5, 0.6) is 0 Å². The first-order valence-electron chi connectivity index (χ1n) is 7.42. The molecular weight excluding hydrogens is 280 g/mol. The molecule has 0 spiro atoms. The van der Waals surface area contributed by atoms with Crippen LogP contribution in [0.15, 0.2) is 30.3 Å². The summed E-state index contributed by atoms with van der Waals surface area (Å²) in [4.78, 5) is 11.5. The average molecular weight is 304 g/mol. The van der Waals surface area contributed by atoms with Gasteiger partial charge in [0.1, 0.15) is 0 Å². The molecule has 0 heterocycles. The summed E-state index contributed by atoms with van der Waals surface area (Å²) in [5, 5.41) is 0. The Labute approximate surface area is 131 Å². The highest BCUT2D eigenvalue weighted by Crippen LogP contribution is 2.29. The van der Waals surface area contributed by atoms with Gasteiger partial charge in [-0.15, -0.1) is 0 Å². The summed E-state index contributed by atoms with van der Waals surface area (Å²) in [7, 11) is 2.87. The van der Waals surface area contributed by atoms with Crippen molar-refractivity contribution in [2.24, 2.45) is 11.5 Å². The number of carbonyl (C=O) groups excluding carboxylic acids is 1. The lowest BCUT2D eigenvalue weighted by molar-refractivity contribution is -0.152. The summed E-state index contributed by atoms with van der Waals surface area (Å²) in [6, 6.07) is 8.15. The van der Waals surface area contributed by atoms with Gasteiger partial charge in [0, 0.05) is 13.5 Å². The van der Waals surface area contributed by atoms with E-state index in [0.29, 0.717) is 12.8 Å². The number of ether oxygens (including phenoxy) is 2. The molecule has 0 saturated heterocycles. The fourth-order valence-corrected chi connectivity index (χ4v) is 2.61. The van der Waals surface area contributed by atoms with Crippen molar-refractivity contribution < 1.29 is 14.3 Å². The minimum absolute atomic E-state index is 0.358. The SMILES string of the molecule is COC(=O)[C@@H](Cc1ccc(C2=CCC(N)(N)CC2)cc1)OC. The van der Waals surface area contributed by atoms with E-state index in [2.05, 4.69) is 18.2 Å². The third-order valence-corrected chi connectivity index (χ3v) is 4.08. The zero-order valence-electron chi connectivity index (χ0n) is 13.2. The summed E-state index contributed by atoms with van der Waals surface area (Å²) in [5.74, 6) is -0.358. The number of esters is 1. The van der Waals surface area contributed by atoms with Gasteiger partial charge in [0.2, 0.25) is 0 Å². The highest BCUT2D eigenvalue weighted by Gasteiger charge is 2.23. The number of benzene rings is 1. The molecular formula is C17H24N2O3. The molecule has 0 aromatic heterocycles. The predicted octanol–water partition coefficient (Wildman–Crippen LogP) is 1.60. The number of carbonyl (C=O) groups is 1. The van der Waals surface area contributed by atoms with Gasteiger partial charge in [0.25, 0.3) is 0 Å². The number of methoxy groups -OCH3 is 2. The Bertz CT molecular complexity index is 550. The van der Waals surface area contributed by atoms with Crippen LogP contribution in [0.25, 0.3) is 5.57 Å². The van der Waals surface area contributed by atoms with Crippen LogP contribution >= 0.6 is 0 Å². The molecule has 120 valence electrons. The number of allylic oxidation sites excluding steroid dienone is 1. The van der Waals surface area contributed by atoms with Crippen LogP contribution in [0.1, 0.15) is 30.4 Å². The molecule has 0 unspecified atom stereocenters. The zero-order chi connectivity index (χ0) is 16.2. The van der Waals surface area contributed by atoms with Crippen LogP contribution in [-0.2, 0) is 20.7 Å². The van der Waals surface area contributed by atoms with Crippen molar-refractivity contribution in [3.05, 3.63) is 41.5 Å². The van der Waals surface area contributed by atoms with Crippen LogP contribution < -0.4 is 11.5 Å². The lowest BCUT2D eigenvalue weighted by Crippen LogP contribution is -2.49. The molecule has 1 atom stereocenters. The number of hydrogen-bond donors (Lipinski definition) is 2. The number of nitrogens with two attached hydrogens (primary N) is 2. The Kier molecular flexibility index (Phi) is 5.34. The lowest BCUT2D eigenvalue weighted by atomic mass is 9.87. The molecule has 0 aliphatic heterocycles. The smallest absolute Gasteiger partial charge is 0.335 e. The summed E-state index contributed by atoms with van der Waals surface area (Å²) in [6.45, 7) is 0. The van der Waals surface area contributed by atoms with Gasteiger partial charge in [-0.3, -0.25) is 0 Å². The number of rotatable bonds is 5. The Morgan fingerprint density at radius 3 is 2.45 bits per heavy atom. The molecule has 0 radical (unpaired) electrons. The number of hydrogen-bond acceptors (Lipinski definition) is 5. The molecule has 5 heteroatoms. The van der Waals surface area contributed by atoms with Crippen molar-refractivity contribution >= 4 is 11.5 Å². The van der Waals surface area contributed by atoms with Crippen LogP contribution in [0.4, 0.5) is 0 Å². The second kappa shape index (κ2) is 7.05. The van der Waals surface area contributed by atoms with Gasteiger partial charge in [-0.25, -0.2) is 4.79 Å². The first-order chi connectivity index (χ1) is 10.4. The molecule has 1 aromatic carbocycles. The second-order valence-electron chi connectivity index (χ2n) is 5.82. The molecule has 0 bridgehead atoms. The maximum atomic E-state index is 11.5. The van der Waals surface area contributed by atoms with Gasteiger partial charge < -0.3 is 20.9 Å². The third kappa shape index (κ3) is 4.16. The van der Waals surface area contributed by atoms with E-state index in [1.807, 2.05) is 12.1 Å². The lowest BCUT2D eigenvalue weighted by Gasteiger charge is -2.28. The van der Waals surface area contributed by atoms with E-state index in [4.69, 9.17) is 20.9 Å². The maximum absolute atomic E-state index is 11.5. The van der Waals surface area contributed by atoms with E-state index in [-0.39, 0.29) is 5.97 Å². The van der Waals surface area contributed by atoms with Crippen molar-refractivity contribution in [3.63, 3.8) is 0 Å². The molecule has 0 saturated carbocycles. The van der Waals surface area contributed by atoms with E-state index in [0.717, 1.165) is 18.4 Å². The zero-order valence-corrected chi connectivity index (χ0v) is 13.2. The monoisotopic (exact) mass is 304 g/mol. The molecule has 5 nitrogen and oxygen atoms in total. The fraction of sp³-hybridized carbons (Fsp3) is 0.471. The van der Waals surface area contributed by atoms with Crippen molar-refractivity contribution in [2.75, 3.05) is 14.2 Å². The molecule has 4 N–H and O–H groups in total. The van der Waals surface area contributed by atoms with Crippen LogP contribution in [0.3, 0.4) is 0 Å². The van der Waals surface area contributed by atoms with Gasteiger partial charge in [0.05, 0.1) is 12.8 Å². The van der Waals surface area contributed by atoms with Crippen LogP contribution in [0, 0.1) is 0 Å². The largest absolute Gasteiger partial charge is 0.467 e. The quantitative estimate of drug-likeness (QED) is 0.637. The minimum Gasteiger partial charge on any atom is -0.467 e.